The van der Waals surface area contributed by atoms with Gasteiger partial charge in [0.2, 0.25) is 0 Å². The smallest absolute Gasteiger partial charge is 0.338 e. The van der Waals surface area contributed by atoms with Crippen LogP contribution in [0, 0.1) is 0 Å². The Hall–Kier alpha value is -2.91. The Morgan fingerprint density at radius 1 is 1.11 bits per heavy atom. The van der Waals surface area contributed by atoms with E-state index < -0.39 is 12.0 Å². The quantitative estimate of drug-likeness (QED) is 0.254. The molecule has 0 saturated carbocycles. The van der Waals surface area contributed by atoms with Crippen LogP contribution in [-0.2, 0) is 14.3 Å². The second-order valence-electron chi connectivity index (χ2n) is 8.66. The molecule has 2 heterocycles. The van der Waals surface area contributed by atoms with Gasteiger partial charge in [-0.05, 0) is 54.8 Å². The molecule has 0 aliphatic carbocycles. The van der Waals surface area contributed by atoms with Crippen LogP contribution >= 0.6 is 34.5 Å². The highest BCUT2D eigenvalue weighted by molar-refractivity contribution is 7.07. The second-order valence-corrected chi connectivity index (χ2v) is 10.5. The third-order valence-corrected chi connectivity index (χ3v) is 7.69. The van der Waals surface area contributed by atoms with Gasteiger partial charge in [0.15, 0.2) is 4.80 Å². The highest BCUT2D eigenvalue weighted by Gasteiger charge is 2.33. The molecule has 1 atom stereocenters. The molecule has 7 nitrogen and oxygen atoms in total. The average Bonchev–Trinajstić information content (AvgIpc) is 3.20. The number of carbonyl (C=O) groups excluding carboxylic acids is 1. The number of hydrogen-bond acceptors (Lipinski definition) is 7. The van der Waals surface area contributed by atoms with Crippen LogP contribution in [0.2, 0.25) is 10.0 Å². The van der Waals surface area contributed by atoms with Gasteiger partial charge in [0.05, 0.1) is 45.1 Å². The monoisotopic (exact) mass is 574 g/mol. The molecule has 0 bridgehead atoms. The lowest BCUT2D eigenvalue weighted by Crippen LogP contribution is -2.40. The van der Waals surface area contributed by atoms with E-state index >= 15 is 0 Å². The number of carbonyl (C=O) groups is 1. The van der Waals surface area contributed by atoms with Crippen LogP contribution in [-0.4, -0.2) is 37.5 Å². The van der Waals surface area contributed by atoms with Crippen LogP contribution in [0.5, 0.6) is 5.75 Å². The molecular weight excluding hydrogens is 547 g/mol. The molecular formula is C28H28Cl2N2O5S. The molecule has 1 aliphatic rings. The van der Waals surface area contributed by atoms with Gasteiger partial charge in [-0.15, -0.1) is 0 Å². The molecule has 0 amide bonds. The van der Waals surface area contributed by atoms with E-state index in [1.807, 2.05) is 24.3 Å². The zero-order chi connectivity index (χ0) is 27.2. The Balaban J connectivity index is 1.81. The van der Waals surface area contributed by atoms with Gasteiger partial charge in [0.25, 0.3) is 5.56 Å². The molecule has 0 fully saturated rings. The number of rotatable bonds is 10. The van der Waals surface area contributed by atoms with Crippen molar-refractivity contribution in [2.75, 3.05) is 26.9 Å². The van der Waals surface area contributed by atoms with E-state index in [4.69, 9.17) is 37.4 Å². The number of unbranched alkanes of at least 4 members (excludes halogenated alkanes) is 1. The first kappa shape index (κ1) is 28.1. The third-order valence-electron chi connectivity index (χ3n) is 5.97. The first-order chi connectivity index (χ1) is 18.3. The molecule has 10 heteroatoms. The maximum atomic E-state index is 13.7. The fourth-order valence-corrected chi connectivity index (χ4v) is 5.38. The molecule has 1 unspecified atom stereocenters. The average molecular weight is 576 g/mol. The van der Waals surface area contributed by atoms with E-state index in [9.17, 15) is 9.59 Å². The number of nitrogens with zero attached hydrogens (tertiary/aromatic N) is 2. The Bertz CT molecular complexity index is 1530. The summed E-state index contributed by atoms with van der Waals surface area (Å²) in [5.41, 5.74) is 1.98. The lowest BCUT2D eigenvalue weighted by Gasteiger charge is -2.25. The highest BCUT2D eigenvalue weighted by atomic mass is 35.5. The molecule has 0 radical (unpaired) electrons. The van der Waals surface area contributed by atoms with Gasteiger partial charge >= 0.3 is 5.97 Å². The summed E-state index contributed by atoms with van der Waals surface area (Å²) < 4.78 is 18.3. The fraction of sp³-hybridized carbons (Fsp3) is 0.321. The number of fused-ring (bicyclic) bond motifs is 1. The maximum Gasteiger partial charge on any atom is 0.338 e. The summed E-state index contributed by atoms with van der Waals surface area (Å²) in [6.07, 6.45) is 3.73. The van der Waals surface area contributed by atoms with Crippen LogP contribution in [0.4, 0.5) is 0 Å². The van der Waals surface area contributed by atoms with E-state index in [0.29, 0.717) is 37.3 Å². The van der Waals surface area contributed by atoms with Gasteiger partial charge in [-0.25, -0.2) is 9.79 Å². The van der Waals surface area contributed by atoms with Gasteiger partial charge in [0, 0.05) is 7.11 Å². The first-order valence-electron chi connectivity index (χ1n) is 12.2. The van der Waals surface area contributed by atoms with Gasteiger partial charge in [-0.3, -0.25) is 9.36 Å². The summed E-state index contributed by atoms with van der Waals surface area (Å²) in [4.78, 5) is 32.1. The Morgan fingerprint density at radius 2 is 1.87 bits per heavy atom. The minimum atomic E-state index is -0.720. The second kappa shape index (κ2) is 12.8. The Morgan fingerprint density at radius 3 is 2.55 bits per heavy atom. The van der Waals surface area contributed by atoms with Crippen LogP contribution in [0.25, 0.3) is 6.08 Å². The fourth-order valence-electron chi connectivity index (χ4n) is 4.03. The zero-order valence-electron chi connectivity index (χ0n) is 21.3. The summed E-state index contributed by atoms with van der Waals surface area (Å²) in [5.74, 6) is 0.175. The summed E-state index contributed by atoms with van der Waals surface area (Å²) in [5, 5.41) is 0.823. The predicted octanol–water partition coefficient (Wildman–Crippen LogP) is 4.91. The number of allylic oxidation sites excluding steroid dienone is 1. The van der Waals surface area contributed by atoms with E-state index in [1.54, 1.807) is 35.8 Å². The molecule has 1 aliphatic heterocycles. The summed E-state index contributed by atoms with van der Waals surface area (Å²) >= 11 is 13.5. The van der Waals surface area contributed by atoms with Gasteiger partial charge in [-0.2, -0.15) is 0 Å². The van der Waals surface area contributed by atoms with Gasteiger partial charge in [0.1, 0.15) is 12.4 Å². The van der Waals surface area contributed by atoms with Gasteiger partial charge in [-0.1, -0.05) is 66.1 Å². The number of aromatic nitrogens is 1. The lowest BCUT2D eigenvalue weighted by atomic mass is 9.96. The Labute approximate surface area is 234 Å². The molecule has 0 saturated heterocycles. The normalized spacial score (nSPS) is 15.3. The third kappa shape index (κ3) is 6.21. The zero-order valence-corrected chi connectivity index (χ0v) is 23.7. The summed E-state index contributed by atoms with van der Waals surface area (Å²) in [6, 6.07) is 11.9. The molecule has 2 aromatic carbocycles. The maximum absolute atomic E-state index is 13.7. The van der Waals surface area contributed by atoms with Crippen LogP contribution in [0.3, 0.4) is 0 Å². The number of halogens is 2. The van der Waals surface area contributed by atoms with Crippen LogP contribution < -0.4 is 19.6 Å². The van der Waals surface area contributed by atoms with Crippen molar-refractivity contribution < 1.29 is 19.0 Å². The molecule has 0 N–H and O–H groups in total. The minimum Gasteiger partial charge on any atom is -0.494 e. The van der Waals surface area contributed by atoms with E-state index in [1.165, 1.54) is 18.4 Å². The van der Waals surface area contributed by atoms with Crippen molar-refractivity contribution in [3.05, 3.63) is 94.6 Å². The van der Waals surface area contributed by atoms with Crippen molar-refractivity contribution in [2.45, 2.75) is 32.7 Å². The molecule has 3 aromatic rings. The number of methoxy groups -OCH3 is 1. The van der Waals surface area contributed by atoms with Crippen molar-refractivity contribution in [1.82, 2.24) is 4.57 Å². The largest absolute Gasteiger partial charge is 0.494 e. The van der Waals surface area contributed by atoms with Crippen molar-refractivity contribution >= 4 is 46.6 Å². The predicted molar refractivity (Wildman–Crippen MR) is 150 cm³/mol. The number of ether oxygens (including phenoxy) is 3. The standard InChI is InChI=1S/C28H28Cl2N2O5S/c1-4-5-12-36-20-9-7-19(8-10-20)25-24(27(34)37-14-13-35-3)17(2)31-28-32(25)26(33)23(38-28)16-18-6-11-21(29)22(30)15-18/h6-11,15-16,25H,4-5,12-14H2,1-3H3. The lowest BCUT2D eigenvalue weighted by molar-refractivity contribution is -0.140. The number of benzene rings is 2. The molecule has 1 aromatic heterocycles. The first-order valence-corrected chi connectivity index (χ1v) is 13.8. The molecule has 4 rings (SSSR count). The molecule has 0 spiro atoms. The Kier molecular flexibility index (Phi) is 9.44. The van der Waals surface area contributed by atoms with Crippen LogP contribution in [0.15, 0.2) is 63.5 Å². The highest BCUT2D eigenvalue weighted by Crippen LogP contribution is 2.32. The van der Waals surface area contributed by atoms with E-state index in [2.05, 4.69) is 11.9 Å². The number of hydrogen-bond donors (Lipinski definition) is 0. The van der Waals surface area contributed by atoms with Crippen LogP contribution in [0.1, 0.15) is 43.9 Å². The topological polar surface area (TPSA) is 79.1 Å². The SMILES string of the molecule is CCCCOc1ccc(C2C(C(=O)OCCOC)=C(C)N=c3sc(=Cc4ccc(Cl)c(Cl)c4)c(=O)n32)cc1. The van der Waals surface area contributed by atoms with E-state index in [0.717, 1.165) is 29.7 Å². The van der Waals surface area contributed by atoms with E-state index in [-0.39, 0.29) is 18.8 Å². The number of thiazole rings is 1. The van der Waals surface area contributed by atoms with Crippen molar-refractivity contribution in [1.29, 1.82) is 0 Å². The number of esters is 1. The summed E-state index contributed by atoms with van der Waals surface area (Å²) in [6.45, 7) is 4.82. The summed E-state index contributed by atoms with van der Waals surface area (Å²) in [7, 11) is 1.53. The molecule has 38 heavy (non-hydrogen) atoms. The minimum absolute atomic E-state index is 0.0881. The molecule has 200 valence electrons. The van der Waals surface area contributed by atoms with Crippen molar-refractivity contribution in [2.24, 2.45) is 4.99 Å². The van der Waals surface area contributed by atoms with Crippen molar-refractivity contribution in [3.8, 4) is 5.75 Å². The van der Waals surface area contributed by atoms with Crippen molar-refractivity contribution in [3.63, 3.8) is 0 Å². The van der Waals surface area contributed by atoms with Gasteiger partial charge < -0.3 is 14.2 Å².